The summed E-state index contributed by atoms with van der Waals surface area (Å²) in [5, 5.41) is 13.5. The molecule has 1 N–H and O–H groups in total. The second-order valence-corrected chi connectivity index (χ2v) is 6.12. The van der Waals surface area contributed by atoms with Crippen LogP contribution in [-0.4, -0.2) is 14.4 Å². The number of hydrogen-bond acceptors (Lipinski definition) is 3. The number of nitrogens with zero attached hydrogens (tertiary/aromatic N) is 2. The topological polar surface area (TPSA) is 69.5 Å². The Kier molecular flexibility index (Phi) is 4.14. The number of H-pyrrole nitrogens is 1. The maximum Gasteiger partial charge on any atom is 0.166 e. The first-order valence-electron chi connectivity index (χ1n) is 5.86. The van der Waals surface area contributed by atoms with E-state index >= 15 is 0 Å². The molecular weight excluding hydrogens is 303 g/mol. The Morgan fingerprint density at radius 3 is 2.67 bits per heavy atom. The highest BCUT2D eigenvalue weighted by Gasteiger charge is 2.28. The maximum absolute atomic E-state index is 13.9. The van der Waals surface area contributed by atoms with Gasteiger partial charge >= 0.3 is 0 Å². The van der Waals surface area contributed by atoms with Crippen LogP contribution in [0, 0.1) is 35.7 Å². The molecule has 0 aliphatic carbocycles. The summed E-state index contributed by atoms with van der Waals surface area (Å²) in [6.45, 7) is 2.53. The van der Waals surface area contributed by atoms with Crippen molar-refractivity contribution in [2.75, 3.05) is 0 Å². The highest BCUT2D eigenvalue weighted by atomic mass is 32.2. The van der Waals surface area contributed by atoms with E-state index < -0.39 is 39.1 Å². The number of nitrogens with one attached hydrogen (secondary N) is 1. The molecule has 0 radical (unpaired) electrons. The second-order valence-electron chi connectivity index (χ2n) is 4.38. The van der Waals surface area contributed by atoms with Crippen LogP contribution in [0.25, 0.3) is 0 Å². The fourth-order valence-corrected chi connectivity index (χ4v) is 3.17. The van der Waals surface area contributed by atoms with Gasteiger partial charge in [0.25, 0.3) is 0 Å². The van der Waals surface area contributed by atoms with Gasteiger partial charge in [-0.3, -0.25) is 9.31 Å². The fraction of sp³-hybridized carbons (Fsp3) is 0.231. The van der Waals surface area contributed by atoms with Crippen LogP contribution in [-0.2, 0) is 10.8 Å². The van der Waals surface area contributed by atoms with Crippen molar-refractivity contribution in [1.82, 2.24) is 10.2 Å². The minimum absolute atomic E-state index is 0.0183. The van der Waals surface area contributed by atoms with Crippen LogP contribution < -0.4 is 0 Å². The standard InChI is InChI=1S/C13H10F3N3OS/c1-6-3-8(14)11(13(16)12(6)15)7(2)21(20)10-5-18-19-9(10)4-17/h3,5,7H,1-2H3,(H,18,19). The Morgan fingerprint density at radius 1 is 1.38 bits per heavy atom. The molecular formula is C13H10F3N3OS. The van der Waals surface area contributed by atoms with Crippen molar-refractivity contribution < 1.29 is 17.4 Å². The molecule has 8 heteroatoms. The quantitative estimate of drug-likeness (QED) is 0.886. The molecule has 0 aliphatic rings. The molecule has 1 aromatic heterocycles. The first-order chi connectivity index (χ1) is 9.88. The van der Waals surface area contributed by atoms with E-state index in [4.69, 9.17) is 5.26 Å². The minimum atomic E-state index is -1.96. The van der Waals surface area contributed by atoms with Gasteiger partial charge in [0.2, 0.25) is 0 Å². The predicted molar refractivity (Wildman–Crippen MR) is 69.2 cm³/mol. The van der Waals surface area contributed by atoms with Crippen molar-refractivity contribution in [3.63, 3.8) is 0 Å². The average Bonchev–Trinajstić information content (AvgIpc) is 2.92. The molecule has 21 heavy (non-hydrogen) atoms. The number of nitriles is 1. The number of aromatic amines is 1. The molecule has 0 spiro atoms. The van der Waals surface area contributed by atoms with Crippen molar-refractivity contribution in [3.8, 4) is 6.07 Å². The lowest BCUT2D eigenvalue weighted by Gasteiger charge is -2.14. The van der Waals surface area contributed by atoms with Gasteiger partial charge < -0.3 is 0 Å². The van der Waals surface area contributed by atoms with Gasteiger partial charge in [-0.25, -0.2) is 13.2 Å². The van der Waals surface area contributed by atoms with Gasteiger partial charge in [0, 0.05) is 5.56 Å². The molecule has 1 aromatic carbocycles. The van der Waals surface area contributed by atoms with Crippen LogP contribution in [0.4, 0.5) is 13.2 Å². The van der Waals surface area contributed by atoms with Crippen molar-refractivity contribution in [1.29, 1.82) is 5.26 Å². The van der Waals surface area contributed by atoms with Gasteiger partial charge in [0.1, 0.15) is 11.9 Å². The zero-order valence-electron chi connectivity index (χ0n) is 11.1. The molecule has 1 heterocycles. The highest BCUT2D eigenvalue weighted by Crippen LogP contribution is 2.31. The maximum atomic E-state index is 13.9. The number of halogens is 3. The molecule has 110 valence electrons. The molecule has 0 bridgehead atoms. The van der Waals surface area contributed by atoms with Crippen LogP contribution in [0.15, 0.2) is 17.2 Å². The lowest BCUT2D eigenvalue weighted by atomic mass is 10.1. The van der Waals surface area contributed by atoms with Gasteiger partial charge in [-0.2, -0.15) is 10.4 Å². The molecule has 0 fully saturated rings. The lowest BCUT2D eigenvalue weighted by Crippen LogP contribution is -2.11. The van der Waals surface area contributed by atoms with Crippen molar-refractivity contribution in [2.24, 2.45) is 0 Å². The fourth-order valence-electron chi connectivity index (χ4n) is 1.91. The zero-order chi connectivity index (χ0) is 15.7. The molecule has 2 unspecified atom stereocenters. The molecule has 2 atom stereocenters. The Morgan fingerprint density at radius 2 is 2.05 bits per heavy atom. The van der Waals surface area contributed by atoms with E-state index in [1.54, 1.807) is 6.07 Å². The number of aryl methyl sites for hydroxylation is 1. The molecule has 2 rings (SSSR count). The predicted octanol–water partition coefficient (Wildman–Crippen LogP) is 2.88. The molecule has 0 saturated heterocycles. The number of hydrogen-bond donors (Lipinski definition) is 1. The van der Waals surface area contributed by atoms with E-state index in [-0.39, 0.29) is 16.2 Å². The monoisotopic (exact) mass is 313 g/mol. The van der Waals surface area contributed by atoms with Crippen LogP contribution >= 0.6 is 0 Å². The van der Waals surface area contributed by atoms with E-state index in [0.717, 1.165) is 12.3 Å². The van der Waals surface area contributed by atoms with Gasteiger partial charge in [-0.15, -0.1) is 0 Å². The summed E-state index contributed by atoms with van der Waals surface area (Å²) in [6.07, 6.45) is 1.14. The molecule has 2 aromatic rings. The Bertz CT molecular complexity index is 767. The van der Waals surface area contributed by atoms with E-state index in [9.17, 15) is 17.4 Å². The Balaban J connectivity index is 2.51. The first kappa shape index (κ1) is 15.3. The summed E-state index contributed by atoms with van der Waals surface area (Å²) < 4.78 is 53.7. The van der Waals surface area contributed by atoms with Crippen LogP contribution in [0.2, 0.25) is 0 Å². The van der Waals surface area contributed by atoms with E-state index in [0.29, 0.717) is 0 Å². The summed E-state index contributed by atoms with van der Waals surface area (Å²) >= 11 is 0. The van der Waals surface area contributed by atoms with Crippen molar-refractivity contribution >= 4 is 10.8 Å². The largest absolute Gasteiger partial charge is 0.267 e. The van der Waals surface area contributed by atoms with Gasteiger partial charge in [0.05, 0.1) is 27.1 Å². The van der Waals surface area contributed by atoms with Crippen LogP contribution in [0.1, 0.15) is 29.0 Å². The van der Waals surface area contributed by atoms with Gasteiger partial charge in [-0.1, -0.05) is 0 Å². The SMILES string of the molecule is Cc1cc(F)c(C(C)S(=O)c2cn[nH]c2C#N)c(F)c1F. The average molecular weight is 313 g/mol. The lowest BCUT2D eigenvalue weighted by molar-refractivity contribution is 0.474. The third-order valence-corrected chi connectivity index (χ3v) is 4.66. The van der Waals surface area contributed by atoms with E-state index in [1.807, 2.05) is 0 Å². The van der Waals surface area contributed by atoms with Crippen molar-refractivity contribution in [2.45, 2.75) is 24.0 Å². The van der Waals surface area contributed by atoms with Gasteiger partial charge in [-0.05, 0) is 25.5 Å². The summed E-state index contributed by atoms with van der Waals surface area (Å²) in [5.41, 5.74) is -0.845. The number of aromatic nitrogens is 2. The molecule has 0 saturated carbocycles. The van der Waals surface area contributed by atoms with E-state index in [2.05, 4.69) is 10.2 Å². The Hall–Kier alpha value is -2.14. The van der Waals surface area contributed by atoms with E-state index in [1.165, 1.54) is 13.8 Å². The summed E-state index contributed by atoms with van der Waals surface area (Å²) in [6, 6.07) is 2.59. The third-order valence-electron chi connectivity index (χ3n) is 3.04. The summed E-state index contributed by atoms with van der Waals surface area (Å²) in [7, 11) is -1.96. The van der Waals surface area contributed by atoms with Crippen LogP contribution in [0.3, 0.4) is 0 Å². The zero-order valence-corrected chi connectivity index (χ0v) is 11.9. The molecule has 4 nitrogen and oxygen atoms in total. The summed E-state index contributed by atoms with van der Waals surface area (Å²) in [5.74, 6) is -3.52. The smallest absolute Gasteiger partial charge is 0.166 e. The van der Waals surface area contributed by atoms with Gasteiger partial charge in [0.15, 0.2) is 17.3 Å². The van der Waals surface area contributed by atoms with Crippen molar-refractivity contribution in [3.05, 3.63) is 46.5 Å². The number of rotatable bonds is 3. The number of benzene rings is 1. The molecule has 0 amide bonds. The van der Waals surface area contributed by atoms with Crippen LogP contribution in [0.5, 0.6) is 0 Å². The minimum Gasteiger partial charge on any atom is -0.267 e. The first-order valence-corrected chi connectivity index (χ1v) is 7.07. The summed E-state index contributed by atoms with van der Waals surface area (Å²) in [4.78, 5) is 0.0183. The molecule has 0 aliphatic heterocycles. The third kappa shape index (κ3) is 2.56. The highest BCUT2D eigenvalue weighted by molar-refractivity contribution is 7.85. The Labute approximate surface area is 121 Å². The second kappa shape index (κ2) is 5.69. The normalized spacial score (nSPS) is 13.7.